The molecule has 0 spiro atoms. The van der Waals surface area contributed by atoms with Crippen LogP contribution >= 0.6 is 11.8 Å². The van der Waals surface area contributed by atoms with E-state index in [0.29, 0.717) is 17.0 Å². The number of esters is 1. The van der Waals surface area contributed by atoms with Crippen LogP contribution in [0.15, 0.2) is 84.9 Å². The van der Waals surface area contributed by atoms with E-state index < -0.39 is 5.97 Å². The van der Waals surface area contributed by atoms with Gasteiger partial charge in [-0.3, -0.25) is 14.4 Å². The molecule has 0 radical (unpaired) electrons. The Labute approximate surface area is 197 Å². The zero-order valence-electron chi connectivity index (χ0n) is 18.2. The van der Waals surface area contributed by atoms with Gasteiger partial charge in [0.25, 0.3) is 0 Å². The summed E-state index contributed by atoms with van der Waals surface area (Å²) >= 11 is 1.46. The molecule has 3 aromatic rings. The van der Waals surface area contributed by atoms with Crippen LogP contribution in [0.2, 0.25) is 0 Å². The number of anilines is 1. The highest BCUT2D eigenvalue weighted by molar-refractivity contribution is 8.00. The van der Waals surface area contributed by atoms with Crippen molar-refractivity contribution < 1.29 is 23.9 Å². The van der Waals surface area contributed by atoms with Crippen LogP contribution in [0.5, 0.6) is 5.75 Å². The molecule has 0 unspecified atom stereocenters. The quantitative estimate of drug-likeness (QED) is 0.237. The van der Waals surface area contributed by atoms with E-state index in [4.69, 9.17) is 9.47 Å². The smallest absolute Gasteiger partial charge is 0.305 e. The molecule has 0 aliphatic carbocycles. The monoisotopic (exact) mass is 463 g/mol. The molecule has 0 bridgehead atoms. The normalized spacial score (nSPS) is 11.3. The Morgan fingerprint density at radius 2 is 1.52 bits per heavy atom. The first-order valence-electron chi connectivity index (χ1n) is 10.4. The maximum absolute atomic E-state index is 12.7. The summed E-state index contributed by atoms with van der Waals surface area (Å²) < 4.78 is 10.0. The van der Waals surface area contributed by atoms with Gasteiger partial charge in [-0.15, -0.1) is 11.8 Å². The number of carbonyl (C=O) groups excluding carboxylic acids is 3. The second-order valence-corrected chi connectivity index (χ2v) is 8.37. The second kappa shape index (κ2) is 12.5. The van der Waals surface area contributed by atoms with Gasteiger partial charge in [0.1, 0.15) is 5.75 Å². The fraction of sp³-hybridized carbons (Fsp3) is 0.192. The average Bonchev–Trinajstić information content (AvgIpc) is 2.83. The molecular weight excluding hydrogens is 438 g/mol. The van der Waals surface area contributed by atoms with Gasteiger partial charge in [0, 0.05) is 29.8 Å². The SMILES string of the molecule is CC(=O)OCOc1ccc(NC(=O)C[C@@H](SCC(=O)c2ccccc2)c2ccccc2)cc1. The molecule has 0 saturated carbocycles. The Bertz CT molecular complexity index is 1060. The largest absolute Gasteiger partial charge is 0.457 e. The summed E-state index contributed by atoms with van der Waals surface area (Å²) in [4.78, 5) is 36.1. The van der Waals surface area contributed by atoms with E-state index in [1.165, 1.54) is 18.7 Å². The van der Waals surface area contributed by atoms with Crippen LogP contribution in [0.3, 0.4) is 0 Å². The van der Waals surface area contributed by atoms with Gasteiger partial charge < -0.3 is 14.8 Å². The molecule has 0 fully saturated rings. The molecule has 3 rings (SSSR count). The molecule has 33 heavy (non-hydrogen) atoms. The molecule has 3 aromatic carbocycles. The first-order chi connectivity index (χ1) is 16.0. The molecule has 1 atom stereocenters. The van der Waals surface area contributed by atoms with Gasteiger partial charge in [-0.25, -0.2) is 0 Å². The van der Waals surface area contributed by atoms with Crippen molar-refractivity contribution in [1.82, 2.24) is 0 Å². The molecule has 0 aromatic heterocycles. The lowest BCUT2D eigenvalue weighted by atomic mass is 10.1. The Balaban J connectivity index is 1.58. The standard InChI is InChI=1S/C26H25NO5S/c1-19(28)31-18-32-23-14-12-22(13-15-23)27-26(30)16-25(21-10-6-3-7-11-21)33-17-24(29)20-8-4-2-5-9-20/h2-15,25H,16-18H2,1H3,(H,27,30)/t25-/m1/s1. The highest BCUT2D eigenvalue weighted by Crippen LogP contribution is 2.33. The lowest BCUT2D eigenvalue weighted by Gasteiger charge is -2.17. The molecule has 1 N–H and O–H groups in total. The van der Waals surface area contributed by atoms with Crippen molar-refractivity contribution in [3.05, 3.63) is 96.1 Å². The first-order valence-corrected chi connectivity index (χ1v) is 11.5. The third-order valence-corrected chi connectivity index (χ3v) is 5.95. The minimum atomic E-state index is -0.421. The van der Waals surface area contributed by atoms with Crippen LogP contribution in [-0.2, 0) is 14.3 Å². The topological polar surface area (TPSA) is 81.7 Å². The van der Waals surface area contributed by atoms with E-state index in [1.807, 2.05) is 48.5 Å². The first kappa shape index (κ1) is 24.1. The number of thioether (sulfide) groups is 1. The summed E-state index contributed by atoms with van der Waals surface area (Å²) in [6.45, 7) is 1.14. The van der Waals surface area contributed by atoms with Gasteiger partial charge in [0.15, 0.2) is 5.78 Å². The number of Topliss-reactive ketones (excluding diaryl/α,β-unsaturated/α-hetero) is 1. The van der Waals surface area contributed by atoms with Crippen molar-refractivity contribution >= 4 is 35.1 Å². The number of nitrogens with one attached hydrogen (secondary N) is 1. The fourth-order valence-corrected chi connectivity index (χ4v) is 4.16. The summed E-state index contributed by atoms with van der Waals surface area (Å²) in [6, 6.07) is 25.6. The van der Waals surface area contributed by atoms with Gasteiger partial charge in [-0.2, -0.15) is 0 Å². The van der Waals surface area contributed by atoms with E-state index in [-0.39, 0.29) is 35.9 Å². The van der Waals surface area contributed by atoms with Crippen LogP contribution < -0.4 is 10.1 Å². The van der Waals surface area contributed by atoms with E-state index in [9.17, 15) is 14.4 Å². The van der Waals surface area contributed by atoms with Crippen molar-refractivity contribution in [1.29, 1.82) is 0 Å². The van der Waals surface area contributed by atoms with Crippen LogP contribution in [0.1, 0.15) is 34.5 Å². The highest BCUT2D eigenvalue weighted by Gasteiger charge is 2.19. The third-order valence-electron chi connectivity index (χ3n) is 4.68. The van der Waals surface area contributed by atoms with Crippen LogP contribution in [0, 0.1) is 0 Å². The van der Waals surface area contributed by atoms with E-state index in [2.05, 4.69) is 5.32 Å². The summed E-state index contributed by atoms with van der Waals surface area (Å²) in [7, 11) is 0. The Morgan fingerprint density at radius 1 is 0.879 bits per heavy atom. The number of ether oxygens (including phenoxy) is 2. The maximum Gasteiger partial charge on any atom is 0.305 e. The fourth-order valence-electron chi connectivity index (χ4n) is 3.02. The van der Waals surface area contributed by atoms with Gasteiger partial charge >= 0.3 is 5.97 Å². The average molecular weight is 464 g/mol. The molecule has 0 heterocycles. The Hall–Kier alpha value is -3.58. The second-order valence-electron chi connectivity index (χ2n) is 7.17. The number of amides is 1. The van der Waals surface area contributed by atoms with Crippen molar-refractivity contribution in [3.63, 3.8) is 0 Å². The van der Waals surface area contributed by atoms with Gasteiger partial charge in [0.2, 0.25) is 12.7 Å². The number of carbonyl (C=O) groups is 3. The molecule has 0 aliphatic rings. The lowest BCUT2D eigenvalue weighted by Crippen LogP contribution is -2.15. The zero-order chi connectivity index (χ0) is 23.5. The molecule has 0 aliphatic heterocycles. The number of rotatable bonds is 11. The van der Waals surface area contributed by atoms with Gasteiger partial charge in [0.05, 0.1) is 5.75 Å². The number of ketones is 1. The van der Waals surface area contributed by atoms with Crippen LogP contribution in [-0.4, -0.2) is 30.2 Å². The summed E-state index contributed by atoms with van der Waals surface area (Å²) in [6.07, 6.45) is 0.224. The van der Waals surface area contributed by atoms with E-state index >= 15 is 0 Å². The summed E-state index contributed by atoms with van der Waals surface area (Å²) in [5, 5.41) is 2.72. The molecule has 7 heteroatoms. The van der Waals surface area contributed by atoms with Crippen molar-refractivity contribution in [2.24, 2.45) is 0 Å². The third kappa shape index (κ3) is 8.12. The number of hydrogen-bond donors (Lipinski definition) is 1. The zero-order valence-corrected chi connectivity index (χ0v) is 19.0. The molecule has 170 valence electrons. The van der Waals surface area contributed by atoms with Gasteiger partial charge in [-0.1, -0.05) is 60.7 Å². The lowest BCUT2D eigenvalue weighted by molar-refractivity contribution is -0.147. The van der Waals surface area contributed by atoms with E-state index in [0.717, 1.165) is 5.56 Å². The Morgan fingerprint density at radius 3 is 2.15 bits per heavy atom. The van der Waals surface area contributed by atoms with Crippen molar-refractivity contribution in [2.75, 3.05) is 17.9 Å². The van der Waals surface area contributed by atoms with Crippen LogP contribution in [0.4, 0.5) is 5.69 Å². The van der Waals surface area contributed by atoms with E-state index in [1.54, 1.807) is 36.4 Å². The Kier molecular flexibility index (Phi) is 9.08. The molecule has 1 amide bonds. The summed E-state index contributed by atoms with van der Waals surface area (Å²) in [5.74, 6) is 0.260. The van der Waals surface area contributed by atoms with Crippen LogP contribution in [0.25, 0.3) is 0 Å². The van der Waals surface area contributed by atoms with Gasteiger partial charge in [-0.05, 0) is 29.8 Å². The minimum Gasteiger partial charge on any atom is -0.457 e. The summed E-state index contributed by atoms with van der Waals surface area (Å²) in [5.41, 5.74) is 2.28. The number of benzene rings is 3. The molecular formula is C26H25NO5S. The molecule has 6 nitrogen and oxygen atoms in total. The molecule has 0 saturated heterocycles. The minimum absolute atomic E-state index is 0.0336. The number of hydrogen-bond acceptors (Lipinski definition) is 6. The van der Waals surface area contributed by atoms with Crippen molar-refractivity contribution in [3.8, 4) is 5.75 Å². The van der Waals surface area contributed by atoms with Crippen molar-refractivity contribution in [2.45, 2.75) is 18.6 Å². The predicted octanol–water partition coefficient (Wildman–Crippen LogP) is 5.27. The maximum atomic E-state index is 12.7. The highest BCUT2D eigenvalue weighted by atomic mass is 32.2. The predicted molar refractivity (Wildman–Crippen MR) is 129 cm³/mol.